The van der Waals surface area contributed by atoms with Crippen LogP contribution in [0.5, 0.6) is 0 Å². The van der Waals surface area contributed by atoms with E-state index in [4.69, 9.17) is 4.74 Å². The second-order valence-electron chi connectivity index (χ2n) is 6.48. The van der Waals surface area contributed by atoms with E-state index in [1.807, 2.05) is 11.8 Å². The zero-order valence-corrected chi connectivity index (χ0v) is 13.5. The van der Waals surface area contributed by atoms with Crippen LogP contribution in [-0.2, 0) is 4.74 Å². The maximum Gasteiger partial charge on any atom is 0.317 e. The fraction of sp³-hybridized carbons (Fsp3) is 0.750. The SMILES string of the molecule is CCC(NC(=O)N1CCC2(CCCO2)CC1)c1ncc(C)[nH]1. The molecule has 3 heterocycles. The predicted molar refractivity (Wildman–Crippen MR) is 83.6 cm³/mol. The van der Waals surface area contributed by atoms with Crippen LogP contribution in [0.2, 0.25) is 0 Å². The van der Waals surface area contributed by atoms with Crippen LogP contribution < -0.4 is 5.32 Å². The Labute approximate surface area is 131 Å². The number of rotatable bonds is 3. The van der Waals surface area contributed by atoms with Gasteiger partial charge in [0.25, 0.3) is 0 Å². The number of amides is 2. The van der Waals surface area contributed by atoms with Gasteiger partial charge in [-0.25, -0.2) is 9.78 Å². The van der Waals surface area contributed by atoms with Gasteiger partial charge in [0.1, 0.15) is 5.82 Å². The number of hydrogen-bond acceptors (Lipinski definition) is 3. The fourth-order valence-electron chi connectivity index (χ4n) is 3.48. The molecule has 2 fully saturated rings. The van der Waals surface area contributed by atoms with Crippen LogP contribution in [0.1, 0.15) is 56.6 Å². The van der Waals surface area contributed by atoms with Gasteiger partial charge in [-0.05, 0) is 39.0 Å². The highest BCUT2D eigenvalue weighted by Gasteiger charge is 2.39. The van der Waals surface area contributed by atoms with E-state index >= 15 is 0 Å². The molecule has 122 valence electrons. The van der Waals surface area contributed by atoms with Crippen molar-refractivity contribution in [3.05, 3.63) is 17.7 Å². The van der Waals surface area contributed by atoms with Gasteiger partial charge in [0.05, 0.1) is 11.6 Å². The molecule has 2 aliphatic rings. The lowest BCUT2D eigenvalue weighted by Crippen LogP contribution is -2.50. The summed E-state index contributed by atoms with van der Waals surface area (Å²) in [7, 11) is 0. The van der Waals surface area contributed by atoms with Crippen LogP contribution >= 0.6 is 0 Å². The number of aromatic nitrogens is 2. The number of piperidine rings is 1. The van der Waals surface area contributed by atoms with Crippen molar-refractivity contribution in [2.75, 3.05) is 19.7 Å². The highest BCUT2D eigenvalue weighted by atomic mass is 16.5. The molecule has 0 saturated carbocycles. The number of carbonyl (C=O) groups excluding carboxylic acids is 1. The first-order valence-electron chi connectivity index (χ1n) is 8.33. The summed E-state index contributed by atoms with van der Waals surface area (Å²) in [5, 5.41) is 3.10. The number of nitrogens with one attached hydrogen (secondary N) is 2. The van der Waals surface area contributed by atoms with Gasteiger partial charge < -0.3 is 19.9 Å². The molecule has 22 heavy (non-hydrogen) atoms. The third-order valence-corrected chi connectivity index (χ3v) is 4.91. The Bertz CT molecular complexity index is 512. The first-order chi connectivity index (χ1) is 10.6. The lowest BCUT2D eigenvalue weighted by molar-refractivity contribution is -0.0362. The van der Waals surface area contributed by atoms with Gasteiger partial charge >= 0.3 is 6.03 Å². The largest absolute Gasteiger partial charge is 0.375 e. The van der Waals surface area contributed by atoms with E-state index in [2.05, 4.69) is 22.2 Å². The van der Waals surface area contributed by atoms with Crippen LogP contribution in [0.4, 0.5) is 4.79 Å². The Morgan fingerprint density at radius 2 is 2.27 bits per heavy atom. The molecule has 1 atom stereocenters. The summed E-state index contributed by atoms with van der Waals surface area (Å²) in [5.41, 5.74) is 1.07. The van der Waals surface area contributed by atoms with E-state index < -0.39 is 0 Å². The number of hydrogen-bond donors (Lipinski definition) is 2. The van der Waals surface area contributed by atoms with Crippen molar-refractivity contribution in [1.82, 2.24) is 20.2 Å². The topological polar surface area (TPSA) is 70.2 Å². The molecule has 2 amide bonds. The summed E-state index contributed by atoms with van der Waals surface area (Å²) in [6.07, 6.45) is 6.83. The van der Waals surface area contributed by atoms with E-state index in [1.54, 1.807) is 6.20 Å². The molecule has 1 aromatic heterocycles. The second kappa shape index (κ2) is 6.28. The Hall–Kier alpha value is -1.56. The number of aromatic amines is 1. The summed E-state index contributed by atoms with van der Waals surface area (Å²) in [6, 6.07) is -0.0476. The standard InChI is InChI=1S/C16H26N4O2/c1-3-13(14-17-11-12(2)18-14)19-15(21)20-8-6-16(7-9-20)5-4-10-22-16/h11,13H,3-10H2,1-2H3,(H,17,18)(H,19,21). The Morgan fingerprint density at radius 1 is 1.50 bits per heavy atom. The van der Waals surface area contributed by atoms with Crippen molar-refractivity contribution in [2.24, 2.45) is 0 Å². The Kier molecular flexibility index (Phi) is 4.38. The monoisotopic (exact) mass is 306 g/mol. The summed E-state index contributed by atoms with van der Waals surface area (Å²) >= 11 is 0. The minimum atomic E-state index is -0.0557. The first kappa shape index (κ1) is 15.3. The smallest absolute Gasteiger partial charge is 0.317 e. The zero-order chi connectivity index (χ0) is 15.6. The number of ether oxygens (including phenoxy) is 1. The predicted octanol–water partition coefficient (Wildman–Crippen LogP) is 2.52. The Morgan fingerprint density at radius 3 is 2.82 bits per heavy atom. The lowest BCUT2D eigenvalue weighted by Gasteiger charge is -2.38. The van der Waals surface area contributed by atoms with Crippen LogP contribution in [0.15, 0.2) is 6.20 Å². The molecule has 1 aromatic rings. The molecule has 0 radical (unpaired) electrons. The lowest BCUT2D eigenvalue weighted by atomic mass is 9.89. The van der Waals surface area contributed by atoms with E-state index in [0.29, 0.717) is 0 Å². The van der Waals surface area contributed by atoms with Gasteiger partial charge in [0, 0.05) is 31.6 Å². The molecule has 0 aliphatic carbocycles. The molecule has 0 bridgehead atoms. The average molecular weight is 306 g/mol. The van der Waals surface area contributed by atoms with Crippen molar-refractivity contribution >= 4 is 6.03 Å². The van der Waals surface area contributed by atoms with Crippen LogP contribution in [-0.4, -0.2) is 46.2 Å². The third kappa shape index (κ3) is 3.11. The Balaban J connectivity index is 1.55. The zero-order valence-electron chi connectivity index (χ0n) is 13.5. The first-order valence-corrected chi connectivity index (χ1v) is 8.33. The molecular weight excluding hydrogens is 280 g/mol. The van der Waals surface area contributed by atoms with E-state index in [1.165, 1.54) is 0 Å². The highest BCUT2D eigenvalue weighted by Crippen LogP contribution is 2.35. The second-order valence-corrected chi connectivity index (χ2v) is 6.48. The van der Waals surface area contributed by atoms with E-state index in [-0.39, 0.29) is 17.7 Å². The average Bonchev–Trinajstić information content (AvgIpc) is 3.15. The number of imidazole rings is 1. The molecule has 6 nitrogen and oxygen atoms in total. The summed E-state index contributed by atoms with van der Waals surface area (Å²) < 4.78 is 5.91. The molecule has 2 aliphatic heterocycles. The van der Waals surface area contributed by atoms with Crippen molar-refractivity contribution in [3.63, 3.8) is 0 Å². The van der Waals surface area contributed by atoms with Crippen molar-refractivity contribution < 1.29 is 9.53 Å². The summed E-state index contributed by atoms with van der Waals surface area (Å²) in [5.74, 6) is 0.834. The number of likely N-dealkylation sites (tertiary alicyclic amines) is 1. The van der Waals surface area contributed by atoms with E-state index in [0.717, 1.165) is 63.3 Å². The maximum absolute atomic E-state index is 12.5. The van der Waals surface area contributed by atoms with Gasteiger partial charge in [-0.2, -0.15) is 0 Å². The number of H-pyrrole nitrogens is 1. The molecule has 1 unspecified atom stereocenters. The van der Waals surface area contributed by atoms with E-state index in [9.17, 15) is 4.79 Å². The maximum atomic E-state index is 12.5. The molecule has 2 saturated heterocycles. The molecule has 2 N–H and O–H groups in total. The quantitative estimate of drug-likeness (QED) is 0.901. The number of nitrogens with zero attached hydrogens (tertiary/aromatic N) is 2. The fourth-order valence-corrected chi connectivity index (χ4v) is 3.48. The molecule has 1 spiro atoms. The molecule has 6 heteroatoms. The van der Waals surface area contributed by atoms with Crippen LogP contribution in [0.3, 0.4) is 0 Å². The summed E-state index contributed by atoms with van der Waals surface area (Å²) in [4.78, 5) is 21.9. The number of carbonyl (C=O) groups is 1. The molecular formula is C16H26N4O2. The van der Waals surface area contributed by atoms with Gasteiger partial charge in [-0.1, -0.05) is 6.92 Å². The van der Waals surface area contributed by atoms with Gasteiger partial charge in [0.15, 0.2) is 0 Å². The normalized spacial score (nSPS) is 22.0. The third-order valence-electron chi connectivity index (χ3n) is 4.91. The van der Waals surface area contributed by atoms with Crippen molar-refractivity contribution in [3.8, 4) is 0 Å². The van der Waals surface area contributed by atoms with Crippen molar-refractivity contribution in [2.45, 2.75) is 57.6 Å². The van der Waals surface area contributed by atoms with Crippen LogP contribution in [0.25, 0.3) is 0 Å². The van der Waals surface area contributed by atoms with Gasteiger partial charge in [-0.15, -0.1) is 0 Å². The minimum Gasteiger partial charge on any atom is -0.375 e. The summed E-state index contributed by atoms with van der Waals surface area (Å²) in [6.45, 7) is 6.46. The highest BCUT2D eigenvalue weighted by molar-refractivity contribution is 5.74. The number of aryl methyl sites for hydroxylation is 1. The molecule has 0 aromatic carbocycles. The van der Waals surface area contributed by atoms with Gasteiger partial charge in [-0.3, -0.25) is 0 Å². The van der Waals surface area contributed by atoms with Crippen molar-refractivity contribution in [1.29, 1.82) is 0 Å². The minimum absolute atomic E-state index is 0.00810. The number of urea groups is 1. The van der Waals surface area contributed by atoms with Gasteiger partial charge in [0.2, 0.25) is 0 Å². The molecule has 3 rings (SSSR count). The van der Waals surface area contributed by atoms with Crippen LogP contribution in [0, 0.1) is 6.92 Å².